The summed E-state index contributed by atoms with van der Waals surface area (Å²) < 4.78 is 6.20. The van der Waals surface area contributed by atoms with Crippen molar-refractivity contribution < 1.29 is 14.9 Å². The van der Waals surface area contributed by atoms with Crippen molar-refractivity contribution in [1.29, 1.82) is 0 Å². The van der Waals surface area contributed by atoms with Gasteiger partial charge in [0.15, 0.2) is 0 Å². The van der Waals surface area contributed by atoms with Gasteiger partial charge in [0.2, 0.25) is 0 Å². The molecule has 2 N–H and O–H groups in total. The molecule has 0 aliphatic carbocycles. The molecule has 3 heteroatoms. The lowest BCUT2D eigenvalue weighted by atomic mass is 10.1. The van der Waals surface area contributed by atoms with Gasteiger partial charge >= 0.3 is 0 Å². The number of hydrogen-bond donors (Lipinski definition) is 2. The van der Waals surface area contributed by atoms with Gasteiger partial charge in [-0.2, -0.15) is 0 Å². The van der Waals surface area contributed by atoms with Gasteiger partial charge in [-0.05, 0) is 29.8 Å². The summed E-state index contributed by atoms with van der Waals surface area (Å²) in [5, 5.41) is 20.6. The Morgan fingerprint density at radius 1 is 0.692 bits per heavy atom. The maximum Gasteiger partial charge on any atom is 0.135 e. The normalized spacial score (nSPS) is 11.7. The number of fused-ring (bicyclic) bond motifs is 2. The molecule has 26 heavy (non-hydrogen) atoms. The number of hydrogen-bond acceptors (Lipinski definition) is 3. The van der Waals surface area contributed by atoms with Crippen LogP contribution < -0.4 is 4.74 Å². The Bertz CT molecular complexity index is 905. The van der Waals surface area contributed by atoms with E-state index >= 15 is 0 Å². The number of aliphatic hydroxyl groups excluding tert-OH is 2. The molecular weight excluding hydrogens is 324 g/mol. The van der Waals surface area contributed by atoms with Gasteiger partial charge in [-0.1, -0.05) is 72.8 Å². The third-order valence-electron chi connectivity index (χ3n) is 3.98. The molecule has 0 saturated heterocycles. The van der Waals surface area contributed by atoms with E-state index in [4.69, 9.17) is 14.9 Å². The predicted octanol–water partition coefficient (Wildman–Crippen LogP) is 5.14. The monoisotopic (exact) mass is 346 g/mol. The zero-order chi connectivity index (χ0) is 18.4. The molecule has 4 aromatic rings. The van der Waals surface area contributed by atoms with Crippen LogP contribution in [0.25, 0.3) is 21.5 Å². The van der Waals surface area contributed by atoms with Crippen molar-refractivity contribution in [3.05, 3.63) is 84.9 Å². The Kier molecular flexibility index (Phi) is 5.84. The molecule has 0 radical (unpaired) electrons. The van der Waals surface area contributed by atoms with Gasteiger partial charge in [-0.15, -0.1) is 0 Å². The Hall–Kier alpha value is -2.88. The Labute approximate surface area is 153 Å². The average molecular weight is 346 g/mol. The zero-order valence-corrected chi connectivity index (χ0v) is 14.7. The zero-order valence-electron chi connectivity index (χ0n) is 14.7. The van der Waals surface area contributed by atoms with E-state index in [1.807, 2.05) is 48.5 Å². The van der Waals surface area contributed by atoms with E-state index in [1.54, 1.807) is 0 Å². The number of ether oxygens (including phenoxy) is 1. The number of aliphatic hydroxyl groups is 2. The molecule has 1 atom stereocenters. The second kappa shape index (κ2) is 8.48. The predicted molar refractivity (Wildman–Crippen MR) is 107 cm³/mol. The topological polar surface area (TPSA) is 49.7 Å². The first kappa shape index (κ1) is 17.9. The minimum absolute atomic E-state index is 0.139. The smallest absolute Gasteiger partial charge is 0.135 e. The van der Waals surface area contributed by atoms with Crippen LogP contribution in [-0.4, -0.2) is 22.9 Å². The molecule has 4 aromatic carbocycles. The maximum atomic E-state index is 8.11. The third-order valence-corrected chi connectivity index (χ3v) is 3.98. The van der Waals surface area contributed by atoms with E-state index in [2.05, 4.69) is 36.4 Å². The van der Waals surface area contributed by atoms with Crippen LogP contribution in [0, 0.1) is 0 Å². The van der Waals surface area contributed by atoms with Gasteiger partial charge in [-0.3, -0.25) is 0 Å². The van der Waals surface area contributed by atoms with Gasteiger partial charge in [-0.25, -0.2) is 0 Å². The number of rotatable bonds is 3. The third kappa shape index (κ3) is 4.20. The molecular formula is C23H22O3. The van der Waals surface area contributed by atoms with Crippen molar-refractivity contribution >= 4 is 21.5 Å². The molecule has 132 valence electrons. The summed E-state index contributed by atoms with van der Waals surface area (Å²) >= 11 is 0. The molecule has 0 spiro atoms. The van der Waals surface area contributed by atoms with Crippen molar-refractivity contribution in [2.24, 2.45) is 0 Å². The van der Waals surface area contributed by atoms with E-state index in [1.165, 1.54) is 17.7 Å². The van der Waals surface area contributed by atoms with Gasteiger partial charge in [0.25, 0.3) is 0 Å². The van der Waals surface area contributed by atoms with Crippen molar-refractivity contribution in [3.63, 3.8) is 0 Å². The largest absolute Gasteiger partial charge is 0.456 e. The van der Waals surface area contributed by atoms with Crippen LogP contribution in [-0.2, 0) is 0 Å². The molecule has 0 fully saturated rings. The van der Waals surface area contributed by atoms with Gasteiger partial charge in [0.1, 0.15) is 11.5 Å². The lowest BCUT2D eigenvalue weighted by molar-refractivity contribution is 0.110. The van der Waals surface area contributed by atoms with Gasteiger partial charge in [0, 0.05) is 10.8 Å². The summed E-state index contributed by atoms with van der Waals surface area (Å²) in [6.07, 6.45) is -0.560. The molecule has 0 bridgehead atoms. The van der Waals surface area contributed by atoms with E-state index in [0.717, 1.165) is 22.3 Å². The van der Waals surface area contributed by atoms with Gasteiger partial charge in [0.05, 0.1) is 12.7 Å². The van der Waals surface area contributed by atoms with Crippen LogP contribution in [0.3, 0.4) is 0 Å². The minimum Gasteiger partial charge on any atom is -0.456 e. The quantitative estimate of drug-likeness (QED) is 0.540. The van der Waals surface area contributed by atoms with Crippen LogP contribution in [0.2, 0.25) is 0 Å². The van der Waals surface area contributed by atoms with E-state index in [9.17, 15) is 0 Å². The van der Waals surface area contributed by atoms with Crippen LogP contribution in [0.4, 0.5) is 0 Å². The van der Waals surface area contributed by atoms with Crippen molar-refractivity contribution in [2.75, 3.05) is 6.61 Å². The lowest BCUT2D eigenvalue weighted by Crippen LogP contribution is -2.03. The summed E-state index contributed by atoms with van der Waals surface area (Å²) in [6, 6.07) is 28.9. The van der Waals surface area contributed by atoms with Crippen molar-refractivity contribution in [2.45, 2.75) is 13.0 Å². The summed E-state index contributed by atoms with van der Waals surface area (Å²) in [5.74, 6) is 1.79. The van der Waals surface area contributed by atoms with Crippen LogP contribution in [0.5, 0.6) is 11.5 Å². The molecule has 0 aromatic heterocycles. The highest BCUT2D eigenvalue weighted by molar-refractivity contribution is 5.91. The van der Waals surface area contributed by atoms with E-state index in [0.29, 0.717) is 0 Å². The van der Waals surface area contributed by atoms with Crippen molar-refractivity contribution in [3.8, 4) is 11.5 Å². The SMILES string of the molecule is CC(O)CO.c1ccc2c(Oc3cccc4ccccc34)cccc2c1. The first-order chi connectivity index (χ1) is 12.7. The molecule has 3 nitrogen and oxygen atoms in total. The Morgan fingerprint density at radius 2 is 1.08 bits per heavy atom. The molecule has 0 aliphatic heterocycles. The first-order valence-electron chi connectivity index (χ1n) is 8.61. The van der Waals surface area contributed by atoms with Gasteiger partial charge < -0.3 is 14.9 Å². The summed E-state index contributed by atoms with van der Waals surface area (Å²) in [5.41, 5.74) is 0. The van der Waals surface area contributed by atoms with Crippen LogP contribution in [0.15, 0.2) is 84.9 Å². The fraction of sp³-hybridized carbons (Fsp3) is 0.130. The minimum atomic E-state index is -0.560. The van der Waals surface area contributed by atoms with E-state index < -0.39 is 6.10 Å². The maximum absolute atomic E-state index is 8.11. The molecule has 4 rings (SSSR count). The fourth-order valence-electron chi connectivity index (χ4n) is 2.69. The average Bonchev–Trinajstić information content (AvgIpc) is 2.69. The first-order valence-corrected chi connectivity index (χ1v) is 8.61. The van der Waals surface area contributed by atoms with E-state index in [-0.39, 0.29) is 6.61 Å². The lowest BCUT2D eigenvalue weighted by Gasteiger charge is -2.11. The van der Waals surface area contributed by atoms with Crippen molar-refractivity contribution in [1.82, 2.24) is 0 Å². The highest BCUT2D eigenvalue weighted by Crippen LogP contribution is 2.33. The second-order valence-corrected chi connectivity index (χ2v) is 6.09. The fourth-order valence-corrected chi connectivity index (χ4v) is 2.69. The molecule has 1 unspecified atom stereocenters. The molecule has 0 heterocycles. The van der Waals surface area contributed by atoms with Crippen LogP contribution in [0.1, 0.15) is 6.92 Å². The summed E-state index contributed by atoms with van der Waals surface area (Å²) in [7, 11) is 0. The Morgan fingerprint density at radius 3 is 1.50 bits per heavy atom. The second-order valence-electron chi connectivity index (χ2n) is 6.09. The highest BCUT2D eigenvalue weighted by atomic mass is 16.5. The number of benzene rings is 4. The molecule has 0 aliphatic rings. The highest BCUT2D eigenvalue weighted by Gasteiger charge is 2.05. The summed E-state index contributed by atoms with van der Waals surface area (Å²) in [6.45, 7) is 1.39. The standard InChI is InChI=1S/C20H14O.C3H8O2/c1-3-11-17-15(7-1)9-5-13-19(17)21-20-14-6-10-16-8-2-4-12-18(16)20;1-3(5)2-4/h1-14H;3-5H,2H2,1H3. The molecule has 0 saturated carbocycles. The molecule has 0 amide bonds. The Balaban J connectivity index is 0.000000349. The summed E-state index contributed by atoms with van der Waals surface area (Å²) in [4.78, 5) is 0. The van der Waals surface area contributed by atoms with Crippen LogP contribution >= 0.6 is 0 Å².